The van der Waals surface area contributed by atoms with Gasteiger partial charge < -0.3 is 9.84 Å². The lowest BCUT2D eigenvalue weighted by Gasteiger charge is -2.19. The van der Waals surface area contributed by atoms with Gasteiger partial charge in [0.05, 0.1) is 3.57 Å². The largest absolute Gasteiger partial charge is 0.487 e. The zero-order valence-electron chi connectivity index (χ0n) is 13.2. The van der Waals surface area contributed by atoms with Crippen LogP contribution in [0.2, 0.25) is 0 Å². The van der Waals surface area contributed by atoms with Crippen LogP contribution in [0.1, 0.15) is 42.3 Å². The van der Waals surface area contributed by atoms with Gasteiger partial charge in [-0.25, -0.2) is 4.79 Å². The first-order valence-corrected chi connectivity index (χ1v) is 9.29. The molecule has 0 unspecified atom stereocenters. The van der Waals surface area contributed by atoms with E-state index in [1.807, 2.05) is 18.2 Å². The molecule has 0 aromatic heterocycles. The molecule has 0 amide bonds. The van der Waals surface area contributed by atoms with E-state index >= 15 is 0 Å². The first-order chi connectivity index (χ1) is 10.7. The van der Waals surface area contributed by atoms with Gasteiger partial charge in [0.1, 0.15) is 17.9 Å². The van der Waals surface area contributed by atoms with Gasteiger partial charge in [0, 0.05) is 3.57 Å². The highest BCUT2D eigenvalue weighted by atomic mass is 127. The topological polar surface area (TPSA) is 46.5 Å². The molecule has 3 nitrogen and oxygen atoms in total. The minimum Gasteiger partial charge on any atom is -0.487 e. The molecule has 0 bridgehead atoms. The average Bonchev–Trinajstić information content (AvgIpc) is 2.45. The number of carboxylic acids is 1. The van der Waals surface area contributed by atoms with Gasteiger partial charge in [-0.3, -0.25) is 0 Å². The third-order valence-corrected chi connectivity index (χ3v) is 4.87. The summed E-state index contributed by atoms with van der Waals surface area (Å²) in [5.74, 6) is -0.544. The summed E-state index contributed by atoms with van der Waals surface area (Å²) in [5, 5.41) is 9.35. The maximum absolute atomic E-state index is 11.4. The third-order valence-electron chi connectivity index (χ3n) is 3.44. The van der Waals surface area contributed by atoms with E-state index in [-0.39, 0.29) is 11.0 Å². The summed E-state index contributed by atoms with van der Waals surface area (Å²) >= 11 is 4.22. The Bertz CT molecular complexity index is 716. The van der Waals surface area contributed by atoms with Crippen molar-refractivity contribution >= 4 is 51.2 Å². The van der Waals surface area contributed by atoms with Crippen LogP contribution in [-0.4, -0.2) is 11.1 Å². The second kappa shape index (κ2) is 7.38. The first-order valence-electron chi connectivity index (χ1n) is 7.13. The number of hydrogen-bond acceptors (Lipinski definition) is 2. The fourth-order valence-corrected chi connectivity index (χ4v) is 4.12. The molecule has 122 valence electrons. The van der Waals surface area contributed by atoms with Gasteiger partial charge in [0.2, 0.25) is 0 Å². The van der Waals surface area contributed by atoms with Crippen molar-refractivity contribution in [2.24, 2.45) is 0 Å². The molecular formula is C18H18I2O3. The van der Waals surface area contributed by atoms with Gasteiger partial charge in [-0.1, -0.05) is 45.0 Å². The van der Waals surface area contributed by atoms with Crippen LogP contribution in [0.15, 0.2) is 36.4 Å². The summed E-state index contributed by atoms with van der Waals surface area (Å²) in [5.41, 5.74) is 2.59. The average molecular weight is 536 g/mol. The van der Waals surface area contributed by atoms with Crippen LogP contribution in [0.4, 0.5) is 0 Å². The highest BCUT2D eigenvalue weighted by Crippen LogP contribution is 2.29. The number of aromatic carboxylic acids is 1. The Morgan fingerprint density at radius 3 is 2.26 bits per heavy atom. The molecule has 2 rings (SSSR count). The fraction of sp³-hybridized carbons (Fsp3) is 0.278. The maximum atomic E-state index is 11.4. The monoisotopic (exact) mass is 536 g/mol. The van der Waals surface area contributed by atoms with Gasteiger partial charge in [-0.15, -0.1) is 0 Å². The van der Waals surface area contributed by atoms with Crippen molar-refractivity contribution in [3.05, 3.63) is 60.2 Å². The Morgan fingerprint density at radius 2 is 1.74 bits per heavy atom. The van der Waals surface area contributed by atoms with Crippen molar-refractivity contribution < 1.29 is 14.6 Å². The molecule has 23 heavy (non-hydrogen) atoms. The molecule has 0 aliphatic carbocycles. The lowest BCUT2D eigenvalue weighted by atomic mass is 9.87. The summed E-state index contributed by atoms with van der Waals surface area (Å²) in [4.78, 5) is 11.4. The maximum Gasteiger partial charge on any atom is 0.339 e. The van der Waals surface area contributed by atoms with Gasteiger partial charge in [0.15, 0.2) is 0 Å². The lowest BCUT2D eigenvalue weighted by molar-refractivity contribution is 0.0691. The molecule has 2 aromatic carbocycles. The van der Waals surface area contributed by atoms with E-state index in [9.17, 15) is 9.90 Å². The van der Waals surface area contributed by atoms with Crippen LogP contribution >= 0.6 is 45.2 Å². The van der Waals surface area contributed by atoms with Crippen LogP contribution in [0.25, 0.3) is 0 Å². The van der Waals surface area contributed by atoms with Gasteiger partial charge in [0.25, 0.3) is 0 Å². The van der Waals surface area contributed by atoms with E-state index in [1.54, 1.807) is 6.07 Å². The van der Waals surface area contributed by atoms with Crippen LogP contribution < -0.4 is 4.74 Å². The van der Waals surface area contributed by atoms with E-state index in [1.165, 1.54) is 5.56 Å². The Morgan fingerprint density at radius 1 is 1.13 bits per heavy atom. The van der Waals surface area contributed by atoms with Crippen molar-refractivity contribution in [3.63, 3.8) is 0 Å². The van der Waals surface area contributed by atoms with Gasteiger partial charge in [-0.05, 0) is 73.9 Å². The number of carboxylic acid groups (broad SMARTS) is 1. The molecule has 0 aliphatic heterocycles. The predicted molar refractivity (Wildman–Crippen MR) is 108 cm³/mol. The zero-order chi connectivity index (χ0) is 17.2. The molecule has 0 saturated heterocycles. The van der Waals surface area contributed by atoms with E-state index in [0.29, 0.717) is 12.4 Å². The molecule has 1 N–H and O–H groups in total. The minimum atomic E-state index is -0.973. The summed E-state index contributed by atoms with van der Waals surface area (Å²) in [6.07, 6.45) is 0. The summed E-state index contributed by atoms with van der Waals surface area (Å²) in [6.45, 7) is 6.87. The molecule has 0 aliphatic rings. The SMILES string of the molecule is CC(C)(C)c1ccc(COc2c(I)cc(I)cc2C(=O)O)cc1. The van der Waals surface area contributed by atoms with Crippen molar-refractivity contribution in [2.75, 3.05) is 0 Å². The Kier molecular flexibility index (Phi) is 5.94. The molecule has 5 heteroatoms. The number of ether oxygens (including phenoxy) is 1. The molecule has 0 atom stereocenters. The van der Waals surface area contributed by atoms with Crippen molar-refractivity contribution in [1.82, 2.24) is 0 Å². The van der Waals surface area contributed by atoms with Crippen LogP contribution in [0.3, 0.4) is 0 Å². The molecule has 0 spiro atoms. The van der Waals surface area contributed by atoms with Crippen LogP contribution in [0.5, 0.6) is 5.75 Å². The second-order valence-corrected chi connectivity index (χ2v) is 8.71. The number of hydrogen-bond donors (Lipinski definition) is 1. The first kappa shape index (κ1) is 18.5. The van der Waals surface area contributed by atoms with E-state index in [2.05, 4.69) is 78.1 Å². The summed E-state index contributed by atoms with van der Waals surface area (Å²) < 4.78 is 7.49. The molecule has 0 saturated carbocycles. The second-order valence-electron chi connectivity index (χ2n) is 6.31. The molecule has 0 heterocycles. The quantitative estimate of drug-likeness (QED) is 0.528. The Hall–Kier alpha value is -0.830. The molecule has 0 radical (unpaired) electrons. The number of halogens is 2. The van der Waals surface area contributed by atoms with Gasteiger partial charge in [-0.2, -0.15) is 0 Å². The minimum absolute atomic E-state index is 0.112. The van der Waals surface area contributed by atoms with E-state index in [0.717, 1.165) is 12.7 Å². The molecule has 2 aromatic rings. The van der Waals surface area contributed by atoms with Crippen molar-refractivity contribution in [1.29, 1.82) is 0 Å². The smallest absolute Gasteiger partial charge is 0.339 e. The summed E-state index contributed by atoms with van der Waals surface area (Å²) in [7, 11) is 0. The van der Waals surface area contributed by atoms with Gasteiger partial charge >= 0.3 is 5.97 Å². The Balaban J connectivity index is 2.20. The number of benzene rings is 2. The van der Waals surface area contributed by atoms with Crippen molar-refractivity contribution in [2.45, 2.75) is 32.8 Å². The number of carbonyl (C=O) groups is 1. The standard InChI is InChI=1S/C18H18I2O3/c1-18(2,3)12-6-4-11(5-7-12)10-23-16-14(17(21)22)8-13(19)9-15(16)20/h4-9H,10H2,1-3H3,(H,21,22). The fourth-order valence-electron chi connectivity index (χ4n) is 2.12. The lowest BCUT2D eigenvalue weighted by Crippen LogP contribution is -2.11. The van der Waals surface area contributed by atoms with Crippen LogP contribution in [0, 0.1) is 7.14 Å². The van der Waals surface area contributed by atoms with Crippen LogP contribution in [-0.2, 0) is 12.0 Å². The Labute approximate surface area is 163 Å². The normalized spacial score (nSPS) is 11.3. The van der Waals surface area contributed by atoms with E-state index < -0.39 is 5.97 Å². The zero-order valence-corrected chi connectivity index (χ0v) is 17.5. The number of rotatable bonds is 4. The molecular weight excluding hydrogens is 518 g/mol. The summed E-state index contributed by atoms with van der Waals surface area (Å²) in [6, 6.07) is 11.8. The van der Waals surface area contributed by atoms with Crippen molar-refractivity contribution in [3.8, 4) is 5.75 Å². The molecule has 0 fully saturated rings. The highest BCUT2D eigenvalue weighted by molar-refractivity contribution is 14.1. The predicted octanol–water partition coefficient (Wildman–Crippen LogP) is 5.47. The van der Waals surface area contributed by atoms with E-state index in [4.69, 9.17) is 4.74 Å². The third kappa shape index (κ3) is 4.82. The highest BCUT2D eigenvalue weighted by Gasteiger charge is 2.17.